The Hall–Kier alpha value is -1.78. The van der Waals surface area contributed by atoms with E-state index in [4.69, 9.17) is 4.99 Å². The second-order valence-electron chi connectivity index (χ2n) is 7.03. The zero-order chi connectivity index (χ0) is 17.4. The molecule has 5 heteroatoms. The maximum Gasteiger partial charge on any atom is 0.191 e. The average molecular weight is 332 g/mol. The molecule has 0 atom stereocenters. The lowest BCUT2D eigenvalue weighted by molar-refractivity contribution is 0.283. The van der Waals surface area contributed by atoms with Gasteiger partial charge in [0.05, 0.1) is 6.54 Å². The van der Waals surface area contributed by atoms with Crippen molar-refractivity contribution < 1.29 is 0 Å². The molecule has 1 aromatic heterocycles. The number of guanidine groups is 1. The Morgan fingerprint density at radius 2 is 2.00 bits per heavy atom. The zero-order valence-electron chi connectivity index (χ0n) is 15.7. The van der Waals surface area contributed by atoms with Gasteiger partial charge in [-0.25, -0.2) is 9.98 Å². The van der Waals surface area contributed by atoms with E-state index in [2.05, 4.69) is 35.5 Å². The van der Waals surface area contributed by atoms with Crippen LogP contribution in [0.5, 0.6) is 0 Å². The second-order valence-corrected chi connectivity index (χ2v) is 7.03. The summed E-state index contributed by atoms with van der Waals surface area (Å²) in [5, 5.41) is 6.94. The highest BCUT2D eigenvalue weighted by atomic mass is 15.2. The van der Waals surface area contributed by atoms with Gasteiger partial charge in [-0.2, -0.15) is 0 Å². The van der Waals surface area contributed by atoms with Gasteiger partial charge in [-0.15, -0.1) is 0 Å². The molecule has 1 saturated carbocycles. The maximum absolute atomic E-state index is 4.76. The Bertz CT molecular complexity index is 532. The monoisotopic (exact) mass is 331 g/mol. The summed E-state index contributed by atoms with van der Waals surface area (Å²) in [6.07, 6.45) is 8.51. The van der Waals surface area contributed by atoms with Gasteiger partial charge in [-0.3, -0.25) is 0 Å². The van der Waals surface area contributed by atoms with Crippen molar-refractivity contribution in [2.75, 3.05) is 32.1 Å². The van der Waals surface area contributed by atoms with Gasteiger partial charge in [0, 0.05) is 33.4 Å². The van der Waals surface area contributed by atoms with Crippen LogP contribution in [0.4, 0.5) is 5.82 Å². The molecule has 5 nitrogen and oxygen atoms in total. The molecule has 1 fully saturated rings. The van der Waals surface area contributed by atoms with Gasteiger partial charge in [0.25, 0.3) is 0 Å². The first-order valence-corrected chi connectivity index (χ1v) is 9.23. The van der Waals surface area contributed by atoms with Gasteiger partial charge in [0.1, 0.15) is 5.82 Å². The van der Waals surface area contributed by atoms with Gasteiger partial charge >= 0.3 is 0 Å². The van der Waals surface area contributed by atoms with Crippen molar-refractivity contribution in [1.29, 1.82) is 0 Å². The third kappa shape index (κ3) is 5.11. The molecule has 0 amide bonds. The van der Waals surface area contributed by atoms with Crippen LogP contribution in [0, 0.1) is 5.41 Å². The summed E-state index contributed by atoms with van der Waals surface area (Å²) in [4.78, 5) is 11.1. The summed E-state index contributed by atoms with van der Waals surface area (Å²) in [6, 6.07) is 4.13. The van der Waals surface area contributed by atoms with Crippen LogP contribution in [0.15, 0.2) is 23.3 Å². The topological polar surface area (TPSA) is 52.6 Å². The molecular formula is C19H33N5. The Labute approximate surface area is 147 Å². The van der Waals surface area contributed by atoms with Crippen LogP contribution in [0.1, 0.15) is 51.5 Å². The van der Waals surface area contributed by atoms with Crippen molar-refractivity contribution in [3.8, 4) is 0 Å². The number of pyridine rings is 1. The van der Waals surface area contributed by atoms with E-state index in [1.54, 1.807) is 0 Å². The van der Waals surface area contributed by atoms with Crippen LogP contribution in [-0.4, -0.2) is 38.1 Å². The Morgan fingerprint density at radius 3 is 2.62 bits per heavy atom. The molecule has 0 saturated heterocycles. The van der Waals surface area contributed by atoms with E-state index in [0.717, 1.165) is 24.9 Å². The number of nitrogens with zero attached hydrogens (tertiary/aromatic N) is 3. The number of aliphatic imine (C=N–C) groups is 1. The van der Waals surface area contributed by atoms with Gasteiger partial charge in [-0.1, -0.05) is 19.8 Å². The Kier molecular flexibility index (Phi) is 6.88. The van der Waals surface area contributed by atoms with E-state index in [0.29, 0.717) is 12.0 Å². The third-order valence-corrected chi connectivity index (χ3v) is 5.08. The molecule has 0 aromatic carbocycles. The lowest BCUT2D eigenvalue weighted by Crippen LogP contribution is -2.42. The molecule has 1 aliphatic rings. The van der Waals surface area contributed by atoms with Crippen molar-refractivity contribution in [3.63, 3.8) is 0 Å². The van der Waals surface area contributed by atoms with E-state index in [1.807, 2.05) is 31.3 Å². The summed E-state index contributed by atoms with van der Waals surface area (Å²) >= 11 is 0. The third-order valence-electron chi connectivity index (χ3n) is 5.08. The van der Waals surface area contributed by atoms with Crippen LogP contribution in [0.3, 0.4) is 0 Å². The highest BCUT2D eigenvalue weighted by molar-refractivity contribution is 5.79. The van der Waals surface area contributed by atoms with E-state index < -0.39 is 0 Å². The maximum atomic E-state index is 4.76. The largest absolute Gasteiger partial charge is 0.363 e. The van der Waals surface area contributed by atoms with Gasteiger partial charge in [0.15, 0.2) is 5.96 Å². The number of nitrogens with one attached hydrogen (secondary N) is 2. The predicted octanol–water partition coefficient (Wildman–Crippen LogP) is 3.17. The van der Waals surface area contributed by atoms with Crippen molar-refractivity contribution >= 4 is 11.8 Å². The van der Waals surface area contributed by atoms with E-state index in [-0.39, 0.29) is 0 Å². The minimum absolute atomic E-state index is 0.463. The van der Waals surface area contributed by atoms with Gasteiger partial charge < -0.3 is 15.5 Å². The molecule has 1 heterocycles. The number of aromatic nitrogens is 1. The van der Waals surface area contributed by atoms with Gasteiger partial charge in [-0.05, 0) is 49.3 Å². The van der Waals surface area contributed by atoms with Gasteiger partial charge in [0.2, 0.25) is 0 Å². The van der Waals surface area contributed by atoms with Crippen LogP contribution in [0.25, 0.3) is 0 Å². The van der Waals surface area contributed by atoms with E-state index in [9.17, 15) is 0 Å². The smallest absolute Gasteiger partial charge is 0.191 e. The van der Waals surface area contributed by atoms with E-state index in [1.165, 1.54) is 37.7 Å². The quantitative estimate of drug-likeness (QED) is 0.595. The molecule has 24 heavy (non-hydrogen) atoms. The molecule has 0 bridgehead atoms. The summed E-state index contributed by atoms with van der Waals surface area (Å²) in [7, 11) is 4.01. The fraction of sp³-hybridized carbons (Fsp3) is 0.684. The molecule has 0 unspecified atom stereocenters. The van der Waals surface area contributed by atoms with Crippen molar-refractivity contribution in [2.45, 2.75) is 52.5 Å². The first kappa shape index (κ1) is 18.6. The van der Waals surface area contributed by atoms with E-state index >= 15 is 0 Å². The van der Waals surface area contributed by atoms with Crippen LogP contribution in [0.2, 0.25) is 0 Å². The number of hydrogen-bond donors (Lipinski definition) is 2. The number of anilines is 1. The lowest BCUT2D eigenvalue weighted by atomic mass is 9.83. The standard InChI is InChI=1S/C19H33N5/c1-5-19(10-7-8-11-19)15-23-18(20-6-2)22-14-16-9-12-21-17(13-16)24(3)4/h9,12-13H,5-8,10-11,14-15H2,1-4H3,(H2,20,22,23). The minimum atomic E-state index is 0.463. The molecule has 0 radical (unpaired) electrons. The fourth-order valence-electron chi connectivity index (χ4n) is 3.37. The zero-order valence-corrected chi connectivity index (χ0v) is 15.7. The fourth-order valence-corrected chi connectivity index (χ4v) is 3.37. The molecule has 2 N–H and O–H groups in total. The molecular weight excluding hydrogens is 298 g/mol. The number of hydrogen-bond acceptors (Lipinski definition) is 3. The highest BCUT2D eigenvalue weighted by Gasteiger charge is 2.31. The summed E-state index contributed by atoms with van der Waals surface area (Å²) in [5.74, 6) is 1.89. The molecule has 2 rings (SSSR count). The molecule has 1 aliphatic carbocycles. The van der Waals surface area contributed by atoms with Crippen molar-refractivity contribution in [2.24, 2.45) is 10.4 Å². The first-order valence-electron chi connectivity index (χ1n) is 9.23. The molecule has 134 valence electrons. The Balaban J connectivity index is 1.98. The Morgan fingerprint density at radius 1 is 1.25 bits per heavy atom. The summed E-state index contributed by atoms with van der Waals surface area (Å²) < 4.78 is 0. The summed E-state index contributed by atoms with van der Waals surface area (Å²) in [6.45, 7) is 6.99. The molecule has 0 spiro atoms. The van der Waals surface area contributed by atoms with Crippen LogP contribution < -0.4 is 15.5 Å². The molecule has 0 aliphatic heterocycles. The first-order chi connectivity index (χ1) is 11.6. The number of rotatable bonds is 7. The normalized spacial score (nSPS) is 16.9. The molecule has 1 aromatic rings. The minimum Gasteiger partial charge on any atom is -0.363 e. The SMILES string of the molecule is CCNC(=NCc1ccnc(N(C)C)c1)NCC1(CC)CCCC1. The summed E-state index contributed by atoms with van der Waals surface area (Å²) in [5.41, 5.74) is 1.64. The average Bonchev–Trinajstić information content (AvgIpc) is 3.07. The van der Waals surface area contributed by atoms with Crippen LogP contribution >= 0.6 is 0 Å². The predicted molar refractivity (Wildman–Crippen MR) is 103 cm³/mol. The van der Waals surface area contributed by atoms with Crippen molar-refractivity contribution in [1.82, 2.24) is 15.6 Å². The second kappa shape index (κ2) is 8.90. The van der Waals surface area contributed by atoms with Crippen LogP contribution in [-0.2, 0) is 6.54 Å². The highest BCUT2D eigenvalue weighted by Crippen LogP contribution is 2.40. The lowest BCUT2D eigenvalue weighted by Gasteiger charge is -2.28. The van der Waals surface area contributed by atoms with Crippen molar-refractivity contribution in [3.05, 3.63) is 23.9 Å².